The van der Waals surface area contributed by atoms with E-state index in [1.807, 2.05) is 85.4 Å². The Kier molecular flexibility index (Phi) is 5.88. The van der Waals surface area contributed by atoms with Gasteiger partial charge in [0.2, 0.25) is 0 Å². The summed E-state index contributed by atoms with van der Waals surface area (Å²) in [6.07, 6.45) is 13.8. The van der Waals surface area contributed by atoms with E-state index in [1.54, 1.807) is 11.3 Å². The Morgan fingerprint density at radius 3 is 2.40 bits per heavy atom. The van der Waals surface area contributed by atoms with Crippen molar-refractivity contribution in [3.8, 4) is 22.6 Å². The average Bonchev–Trinajstić information content (AvgIpc) is 3.74. The molecule has 198 valence electrons. The van der Waals surface area contributed by atoms with Crippen LogP contribution in [0.5, 0.6) is 0 Å². The third-order valence-electron chi connectivity index (χ3n) is 7.41. The average molecular weight is 560 g/mol. The molecule has 2 aliphatic rings. The van der Waals surface area contributed by atoms with Crippen LogP contribution in [-0.2, 0) is 0 Å². The maximum absolute atomic E-state index is 5.09. The van der Waals surface area contributed by atoms with Crippen molar-refractivity contribution in [3.63, 3.8) is 0 Å². The van der Waals surface area contributed by atoms with Crippen LogP contribution in [0.1, 0.15) is 17.3 Å². The summed E-state index contributed by atoms with van der Waals surface area (Å²) in [6.45, 7) is 0. The zero-order valence-corrected chi connectivity index (χ0v) is 23.2. The van der Waals surface area contributed by atoms with Gasteiger partial charge in [0.05, 0.1) is 27.6 Å². The molecule has 0 bridgehead atoms. The molecule has 6 aromatic rings. The van der Waals surface area contributed by atoms with Crippen molar-refractivity contribution >= 4 is 49.3 Å². The molecule has 2 aliphatic heterocycles. The van der Waals surface area contributed by atoms with Crippen LogP contribution < -0.4 is 9.98 Å². The maximum atomic E-state index is 5.09. The lowest BCUT2D eigenvalue weighted by Crippen LogP contribution is -2.27. The minimum absolute atomic E-state index is 0.0708. The van der Waals surface area contributed by atoms with Gasteiger partial charge in [-0.05, 0) is 47.6 Å². The van der Waals surface area contributed by atoms with E-state index in [0.717, 1.165) is 65.5 Å². The monoisotopic (exact) mass is 559 g/mol. The summed E-state index contributed by atoms with van der Waals surface area (Å²) in [7, 11) is 0. The second-order valence-corrected chi connectivity index (χ2v) is 11.1. The summed E-state index contributed by atoms with van der Waals surface area (Å²) in [5.74, 6) is 0.708. The third kappa shape index (κ3) is 4.34. The molecular formula is C35H23N6S+. The standard InChI is InChI=1S/C35H23N6S/c1-2-8-24(9-3-1)34-40-31(33-32(41-34)26-10-6-19-38-35(26)42-33)23-15-13-22(14-16-23)25-20-29(27-11-4-5-17-36-27)39-30(21-25)28-12-7-18-37-28/h1-21,29,39H/q+1. The van der Waals surface area contributed by atoms with Crippen molar-refractivity contribution in [1.82, 2.24) is 29.9 Å². The first-order valence-electron chi connectivity index (χ1n) is 13.7. The molecule has 1 N–H and O–H groups in total. The molecule has 6 heterocycles. The molecule has 0 radical (unpaired) electrons. The van der Waals surface area contributed by atoms with Crippen LogP contribution in [0.25, 0.3) is 48.7 Å². The quantitative estimate of drug-likeness (QED) is 0.237. The fourth-order valence-electron chi connectivity index (χ4n) is 5.35. The Bertz CT molecular complexity index is 2140. The number of pyridine rings is 2. The number of dihydropyridines is 1. The van der Waals surface area contributed by atoms with E-state index >= 15 is 0 Å². The molecular weight excluding hydrogens is 536 g/mol. The number of aromatic nitrogens is 4. The van der Waals surface area contributed by atoms with Gasteiger partial charge in [0.15, 0.2) is 5.82 Å². The molecule has 42 heavy (non-hydrogen) atoms. The second kappa shape index (κ2) is 10.2. The predicted octanol–water partition coefficient (Wildman–Crippen LogP) is 6.73. The smallest absolute Gasteiger partial charge is 0.350 e. The number of rotatable bonds is 5. The molecule has 7 heteroatoms. The van der Waals surface area contributed by atoms with Gasteiger partial charge in [0.1, 0.15) is 10.5 Å². The van der Waals surface area contributed by atoms with E-state index in [2.05, 4.69) is 62.4 Å². The van der Waals surface area contributed by atoms with E-state index in [4.69, 9.17) is 9.97 Å². The summed E-state index contributed by atoms with van der Waals surface area (Å²) >= 11 is 1.64. The minimum Gasteiger partial charge on any atom is -0.367 e. The Morgan fingerprint density at radius 2 is 1.60 bits per heavy atom. The Morgan fingerprint density at radius 1 is 0.762 bits per heavy atom. The zero-order valence-electron chi connectivity index (χ0n) is 22.3. The Balaban J connectivity index is 1.24. The number of nitrogens with zero attached hydrogens (tertiary/aromatic N) is 5. The molecule has 1 atom stereocenters. The van der Waals surface area contributed by atoms with E-state index in [-0.39, 0.29) is 6.04 Å². The Hall–Kier alpha value is -5.49. The molecule has 0 fully saturated rings. The van der Waals surface area contributed by atoms with Crippen LogP contribution in [0.4, 0.5) is 0 Å². The van der Waals surface area contributed by atoms with Gasteiger partial charge in [-0.15, -0.1) is 11.3 Å². The van der Waals surface area contributed by atoms with Crippen LogP contribution in [0.15, 0.2) is 127 Å². The first kappa shape index (κ1) is 24.3. The van der Waals surface area contributed by atoms with Crippen LogP contribution >= 0.6 is 11.3 Å². The molecule has 0 amide bonds. The van der Waals surface area contributed by atoms with E-state index in [1.165, 1.54) is 0 Å². The van der Waals surface area contributed by atoms with Crippen LogP contribution in [-0.4, -0.2) is 31.9 Å². The largest absolute Gasteiger partial charge is 0.367 e. The zero-order chi connectivity index (χ0) is 27.9. The fraction of sp³-hybridized carbons (Fsp3) is 0.0286. The van der Waals surface area contributed by atoms with Crippen LogP contribution in [0.2, 0.25) is 0 Å². The van der Waals surface area contributed by atoms with Crippen molar-refractivity contribution in [2.45, 2.75) is 6.04 Å². The van der Waals surface area contributed by atoms with Crippen molar-refractivity contribution < 1.29 is 0 Å². The highest BCUT2D eigenvalue weighted by Crippen LogP contribution is 2.39. The fourth-order valence-corrected chi connectivity index (χ4v) is 6.45. The van der Waals surface area contributed by atoms with Gasteiger partial charge in [-0.2, -0.15) is 0 Å². The highest BCUT2D eigenvalue weighted by Gasteiger charge is 2.25. The summed E-state index contributed by atoms with van der Waals surface area (Å²) in [5.41, 5.74) is 8.93. The highest BCUT2D eigenvalue weighted by molar-refractivity contribution is 7.25. The number of benzene rings is 2. The van der Waals surface area contributed by atoms with Crippen molar-refractivity contribution in [1.29, 1.82) is 0 Å². The second-order valence-electron chi connectivity index (χ2n) is 10.1. The lowest BCUT2D eigenvalue weighted by atomic mass is 9.95. The minimum atomic E-state index is -0.0708. The van der Waals surface area contributed by atoms with Gasteiger partial charge in [-0.25, -0.2) is 15.0 Å². The molecule has 4 aromatic heterocycles. The Labute approximate surface area is 245 Å². The number of hydrogen-bond donors (Lipinski definition) is 1. The number of allylic oxidation sites excluding steroid dienone is 4. The third-order valence-corrected chi connectivity index (χ3v) is 8.52. The molecule has 1 unspecified atom stereocenters. The maximum Gasteiger partial charge on any atom is 0.350 e. The topological polar surface area (TPSA) is 77.7 Å². The molecule has 8 rings (SSSR count). The van der Waals surface area contributed by atoms with Crippen molar-refractivity contribution in [3.05, 3.63) is 139 Å². The van der Waals surface area contributed by atoms with Gasteiger partial charge in [-0.3, -0.25) is 4.98 Å². The van der Waals surface area contributed by atoms with Gasteiger partial charge in [-0.1, -0.05) is 65.3 Å². The highest BCUT2D eigenvalue weighted by atomic mass is 32.1. The summed E-state index contributed by atoms with van der Waals surface area (Å²) in [5, 5.41) is 4.65. The number of hydrogen-bond acceptors (Lipinski definition) is 6. The van der Waals surface area contributed by atoms with E-state index < -0.39 is 0 Å². The molecule has 0 saturated carbocycles. The van der Waals surface area contributed by atoms with Crippen molar-refractivity contribution in [2.24, 2.45) is 0 Å². The first-order chi connectivity index (χ1) is 20.8. The normalized spacial score (nSPS) is 15.9. The summed E-state index contributed by atoms with van der Waals surface area (Å²) in [6, 6.07) is 28.7. The van der Waals surface area contributed by atoms with E-state index in [0.29, 0.717) is 5.82 Å². The number of thiophene rings is 1. The summed E-state index contributed by atoms with van der Waals surface area (Å²) in [4.78, 5) is 20.3. The lowest BCUT2D eigenvalue weighted by molar-refractivity contribution is 0.707. The van der Waals surface area contributed by atoms with Gasteiger partial charge >= 0.3 is 5.71 Å². The molecule has 2 aromatic carbocycles. The summed E-state index contributed by atoms with van der Waals surface area (Å²) < 4.78 is 5.57. The predicted molar refractivity (Wildman–Crippen MR) is 172 cm³/mol. The van der Waals surface area contributed by atoms with Crippen molar-refractivity contribution in [2.75, 3.05) is 0 Å². The molecule has 6 nitrogen and oxygen atoms in total. The van der Waals surface area contributed by atoms with Gasteiger partial charge in [0.25, 0.3) is 6.21 Å². The van der Waals surface area contributed by atoms with Gasteiger partial charge in [0, 0.05) is 41.1 Å². The van der Waals surface area contributed by atoms with Crippen LogP contribution in [0.3, 0.4) is 0 Å². The number of nitrogens with one attached hydrogen (secondary N) is 1. The van der Waals surface area contributed by atoms with E-state index in [9.17, 15) is 0 Å². The lowest BCUT2D eigenvalue weighted by Gasteiger charge is -2.22. The molecule has 0 saturated heterocycles. The number of fused-ring (bicyclic) bond motifs is 3. The molecule has 0 spiro atoms. The van der Waals surface area contributed by atoms with Crippen LogP contribution in [0, 0.1) is 0 Å². The first-order valence-corrected chi connectivity index (χ1v) is 14.5. The van der Waals surface area contributed by atoms with Gasteiger partial charge < -0.3 is 5.32 Å². The SMILES string of the molecule is C1=CC(C2=CC(c3ccc(-c4nc(-c5ccccc5)nc5c4sc4ncccc45)cc3)=CC(c3ccccn3)N2)=[N+]=C1. The molecule has 0 aliphatic carbocycles.